The van der Waals surface area contributed by atoms with Gasteiger partial charge in [-0.2, -0.15) is 0 Å². The van der Waals surface area contributed by atoms with Crippen molar-refractivity contribution in [1.29, 1.82) is 0 Å². The summed E-state index contributed by atoms with van der Waals surface area (Å²) in [6.45, 7) is 3.72. The Morgan fingerprint density at radius 3 is 2.47 bits per heavy atom. The van der Waals surface area contributed by atoms with Crippen molar-refractivity contribution in [3.05, 3.63) is 56.7 Å². The highest BCUT2D eigenvalue weighted by atomic mass is 35.5. The summed E-state index contributed by atoms with van der Waals surface area (Å²) in [5.41, 5.74) is 2.12. The van der Waals surface area contributed by atoms with Gasteiger partial charge in [0.25, 0.3) is 0 Å². The molecule has 1 amide bonds. The van der Waals surface area contributed by atoms with Crippen molar-refractivity contribution in [2.75, 3.05) is 33.3 Å². The van der Waals surface area contributed by atoms with E-state index in [0.29, 0.717) is 22.3 Å². The van der Waals surface area contributed by atoms with E-state index in [1.807, 2.05) is 29.2 Å². The third-order valence-electron chi connectivity index (χ3n) is 5.41. The van der Waals surface area contributed by atoms with Gasteiger partial charge in [0.2, 0.25) is 5.91 Å². The molecular weight excluding hydrogens is 466 g/mol. The van der Waals surface area contributed by atoms with Gasteiger partial charge in [-0.3, -0.25) is 14.5 Å². The number of nitrogens with zero attached hydrogens (tertiary/aromatic N) is 3. The molecule has 32 heavy (non-hydrogen) atoms. The minimum absolute atomic E-state index is 0.0231. The number of thiazole rings is 1. The second-order valence-electron chi connectivity index (χ2n) is 7.56. The Hall–Kier alpha value is -2.26. The third kappa shape index (κ3) is 5.75. The Morgan fingerprint density at radius 2 is 1.81 bits per heavy atom. The van der Waals surface area contributed by atoms with Gasteiger partial charge in [-0.1, -0.05) is 11.6 Å². The van der Waals surface area contributed by atoms with Crippen molar-refractivity contribution in [3.63, 3.8) is 0 Å². The zero-order valence-electron chi connectivity index (χ0n) is 17.8. The number of benzene rings is 1. The lowest BCUT2D eigenvalue weighted by Crippen LogP contribution is -2.48. The minimum atomic E-state index is -0.0231. The van der Waals surface area contributed by atoms with Crippen molar-refractivity contribution < 1.29 is 14.3 Å². The van der Waals surface area contributed by atoms with Gasteiger partial charge in [0.15, 0.2) is 5.78 Å². The van der Waals surface area contributed by atoms with Gasteiger partial charge in [-0.15, -0.1) is 22.7 Å². The van der Waals surface area contributed by atoms with Crippen LogP contribution in [0.15, 0.2) is 41.8 Å². The molecule has 0 spiro atoms. The third-order valence-corrected chi connectivity index (χ3v) is 7.63. The smallest absolute Gasteiger partial charge is 0.223 e. The molecule has 2 aromatic heterocycles. The van der Waals surface area contributed by atoms with Crippen molar-refractivity contribution in [1.82, 2.24) is 14.8 Å². The molecule has 1 aromatic carbocycles. The number of methoxy groups -OCH3 is 1. The first-order chi connectivity index (χ1) is 15.5. The first-order valence-electron chi connectivity index (χ1n) is 10.4. The molecule has 3 aromatic rings. The molecule has 0 N–H and O–H groups in total. The molecule has 0 aliphatic carbocycles. The number of carbonyl (C=O) groups excluding carboxylic acids is 2. The first-order valence-corrected chi connectivity index (χ1v) is 12.5. The number of hydrogen-bond donors (Lipinski definition) is 0. The van der Waals surface area contributed by atoms with Crippen LogP contribution in [0, 0.1) is 0 Å². The topological polar surface area (TPSA) is 62.7 Å². The Labute approximate surface area is 200 Å². The van der Waals surface area contributed by atoms with Gasteiger partial charge in [0, 0.05) is 56.5 Å². The average molecular weight is 490 g/mol. The standard InChI is InChI=1S/C23H24ClN3O3S2/c1-30-18-4-2-16(3-5-18)23-25-17(15-31-23)14-26-10-12-27(13-11-26)22(29)9-6-19(28)20-7-8-21(24)32-20/h2-5,7-8,15H,6,9-14H2,1H3. The Balaban J connectivity index is 1.23. The number of ketones is 1. The maximum atomic E-state index is 12.5. The summed E-state index contributed by atoms with van der Waals surface area (Å²) in [5.74, 6) is 0.847. The van der Waals surface area contributed by atoms with Crippen molar-refractivity contribution in [3.8, 4) is 16.3 Å². The second kappa shape index (κ2) is 10.6. The van der Waals surface area contributed by atoms with E-state index in [1.54, 1.807) is 30.6 Å². The largest absolute Gasteiger partial charge is 0.497 e. The molecule has 1 aliphatic rings. The van der Waals surface area contributed by atoms with Crippen LogP contribution in [0.25, 0.3) is 10.6 Å². The monoisotopic (exact) mass is 489 g/mol. The Bertz CT molecular complexity index is 1070. The molecule has 6 nitrogen and oxygen atoms in total. The number of halogens is 1. The summed E-state index contributed by atoms with van der Waals surface area (Å²) in [6, 6.07) is 11.3. The van der Waals surface area contributed by atoms with Crippen LogP contribution in [-0.2, 0) is 11.3 Å². The van der Waals surface area contributed by atoms with Gasteiger partial charge < -0.3 is 9.64 Å². The van der Waals surface area contributed by atoms with Crippen LogP contribution in [0.5, 0.6) is 5.75 Å². The predicted octanol–water partition coefficient (Wildman–Crippen LogP) is 4.84. The molecule has 0 atom stereocenters. The highest BCUT2D eigenvalue weighted by Gasteiger charge is 2.22. The number of aromatic nitrogens is 1. The molecule has 1 aliphatic heterocycles. The number of rotatable bonds is 8. The SMILES string of the molecule is COc1ccc(-c2nc(CN3CCN(C(=O)CCC(=O)c4ccc(Cl)s4)CC3)cs2)cc1. The van der Waals surface area contributed by atoms with E-state index in [4.69, 9.17) is 21.3 Å². The van der Waals surface area contributed by atoms with Gasteiger partial charge >= 0.3 is 0 Å². The van der Waals surface area contributed by atoms with Crippen LogP contribution in [0.3, 0.4) is 0 Å². The zero-order chi connectivity index (χ0) is 22.5. The lowest BCUT2D eigenvalue weighted by molar-refractivity contribution is -0.133. The summed E-state index contributed by atoms with van der Waals surface area (Å²) in [7, 11) is 1.66. The van der Waals surface area contributed by atoms with E-state index in [-0.39, 0.29) is 24.5 Å². The average Bonchev–Trinajstić information content (AvgIpc) is 3.47. The number of carbonyl (C=O) groups is 2. The molecule has 0 radical (unpaired) electrons. The van der Waals surface area contributed by atoms with Crippen LogP contribution < -0.4 is 4.74 Å². The van der Waals surface area contributed by atoms with Crippen molar-refractivity contribution in [2.45, 2.75) is 19.4 Å². The van der Waals surface area contributed by atoms with E-state index >= 15 is 0 Å². The highest BCUT2D eigenvalue weighted by molar-refractivity contribution is 7.18. The fourth-order valence-electron chi connectivity index (χ4n) is 3.60. The number of hydrogen-bond acceptors (Lipinski definition) is 7. The van der Waals surface area contributed by atoms with E-state index in [1.165, 1.54) is 11.3 Å². The summed E-state index contributed by atoms with van der Waals surface area (Å²) in [4.78, 5) is 34.3. The fraction of sp³-hybridized carbons (Fsp3) is 0.348. The lowest BCUT2D eigenvalue weighted by atomic mass is 10.1. The maximum absolute atomic E-state index is 12.5. The van der Waals surface area contributed by atoms with Crippen LogP contribution in [-0.4, -0.2) is 59.8 Å². The molecule has 0 saturated carbocycles. The Kier molecular flexibility index (Phi) is 7.57. The molecule has 1 fully saturated rings. The molecule has 168 valence electrons. The predicted molar refractivity (Wildman–Crippen MR) is 129 cm³/mol. The molecule has 3 heterocycles. The summed E-state index contributed by atoms with van der Waals surface area (Å²) >= 11 is 8.78. The van der Waals surface area contributed by atoms with Gasteiger partial charge in [0.1, 0.15) is 10.8 Å². The summed E-state index contributed by atoms with van der Waals surface area (Å²) in [5, 5.41) is 3.09. The van der Waals surface area contributed by atoms with E-state index in [2.05, 4.69) is 10.3 Å². The number of amides is 1. The number of piperazine rings is 1. The maximum Gasteiger partial charge on any atom is 0.223 e. The number of Topliss-reactive ketones (excluding diaryl/α,β-unsaturated/α-hetero) is 1. The molecule has 0 unspecified atom stereocenters. The van der Waals surface area contributed by atoms with E-state index < -0.39 is 0 Å². The Morgan fingerprint density at radius 1 is 1.06 bits per heavy atom. The minimum Gasteiger partial charge on any atom is -0.497 e. The van der Waals surface area contributed by atoms with Crippen molar-refractivity contribution >= 4 is 46.0 Å². The highest BCUT2D eigenvalue weighted by Crippen LogP contribution is 2.26. The van der Waals surface area contributed by atoms with Gasteiger partial charge in [-0.05, 0) is 36.4 Å². The molecule has 4 rings (SSSR count). The normalized spacial score (nSPS) is 14.5. The van der Waals surface area contributed by atoms with Crippen LogP contribution in [0.2, 0.25) is 4.34 Å². The first kappa shape index (κ1) is 22.9. The second-order valence-corrected chi connectivity index (χ2v) is 10.1. The molecule has 0 bridgehead atoms. The quantitative estimate of drug-likeness (QED) is 0.423. The summed E-state index contributed by atoms with van der Waals surface area (Å²) in [6.07, 6.45) is 0.467. The molecular formula is C23H24ClN3O3S2. The van der Waals surface area contributed by atoms with Crippen molar-refractivity contribution in [2.24, 2.45) is 0 Å². The van der Waals surface area contributed by atoms with Gasteiger partial charge in [0.05, 0.1) is 22.0 Å². The molecule has 9 heteroatoms. The van der Waals surface area contributed by atoms with Crippen LogP contribution in [0.4, 0.5) is 0 Å². The lowest BCUT2D eigenvalue weighted by Gasteiger charge is -2.34. The number of thiophene rings is 1. The van der Waals surface area contributed by atoms with Crippen LogP contribution >= 0.6 is 34.3 Å². The molecule has 1 saturated heterocycles. The zero-order valence-corrected chi connectivity index (χ0v) is 20.1. The number of ether oxygens (including phenoxy) is 1. The van der Waals surface area contributed by atoms with Gasteiger partial charge in [-0.25, -0.2) is 4.98 Å². The summed E-state index contributed by atoms with van der Waals surface area (Å²) < 4.78 is 5.80. The van der Waals surface area contributed by atoms with E-state index in [0.717, 1.165) is 41.6 Å². The fourth-order valence-corrected chi connectivity index (χ4v) is 5.42. The van der Waals surface area contributed by atoms with E-state index in [9.17, 15) is 9.59 Å². The van der Waals surface area contributed by atoms with Crippen LogP contribution in [0.1, 0.15) is 28.2 Å².